The van der Waals surface area contributed by atoms with Crippen molar-refractivity contribution in [3.63, 3.8) is 0 Å². The number of benzene rings is 1. The lowest BCUT2D eigenvalue weighted by Crippen LogP contribution is -2.24. The number of nitrogens with zero attached hydrogens (tertiary/aromatic N) is 1. The second-order valence-electron chi connectivity index (χ2n) is 3.22. The third-order valence-electron chi connectivity index (χ3n) is 1.97. The summed E-state index contributed by atoms with van der Waals surface area (Å²) in [5.74, 6) is 0. The molecule has 0 aliphatic heterocycles. The molecule has 86 valence electrons. The fraction of sp³-hybridized carbons (Fsp3) is 0.300. The monoisotopic (exact) mass is 258 g/mol. The van der Waals surface area contributed by atoms with Crippen molar-refractivity contribution in [2.24, 2.45) is 0 Å². The normalized spacial score (nSPS) is 11.1. The Balaban J connectivity index is 2.91. The average molecular weight is 259 g/mol. The van der Waals surface area contributed by atoms with Crippen LogP contribution in [0.4, 0.5) is 0 Å². The molecule has 6 heteroatoms. The molecule has 0 radical (unpaired) electrons. The molecule has 1 rings (SSSR count). The zero-order chi connectivity index (χ0) is 12.2. The molecule has 0 aromatic heterocycles. The van der Waals surface area contributed by atoms with E-state index in [0.717, 1.165) is 0 Å². The maximum absolute atomic E-state index is 11.7. The minimum Gasteiger partial charge on any atom is -0.210 e. The molecule has 0 spiro atoms. The zero-order valence-electron chi connectivity index (χ0n) is 8.70. The first kappa shape index (κ1) is 13.0. The van der Waals surface area contributed by atoms with E-state index in [2.05, 4.69) is 4.72 Å². The molecule has 0 aliphatic rings. The molecular weight excluding hydrogens is 248 g/mol. The van der Waals surface area contributed by atoms with Crippen LogP contribution in [0.5, 0.6) is 0 Å². The van der Waals surface area contributed by atoms with E-state index in [4.69, 9.17) is 16.9 Å². The summed E-state index contributed by atoms with van der Waals surface area (Å²) >= 11 is 5.80. The number of nitriles is 1. The van der Waals surface area contributed by atoms with Crippen LogP contribution in [0, 0.1) is 18.3 Å². The van der Waals surface area contributed by atoms with Crippen molar-refractivity contribution in [2.75, 3.05) is 6.54 Å². The highest BCUT2D eigenvalue weighted by Gasteiger charge is 2.13. The van der Waals surface area contributed by atoms with Gasteiger partial charge in [0.1, 0.15) is 0 Å². The molecule has 0 unspecified atom stereocenters. The van der Waals surface area contributed by atoms with E-state index in [1.165, 1.54) is 18.2 Å². The molecular formula is C10H11ClN2O2S. The molecule has 0 saturated heterocycles. The van der Waals surface area contributed by atoms with Crippen molar-refractivity contribution in [3.05, 3.63) is 28.8 Å². The number of hydrogen-bond donors (Lipinski definition) is 1. The minimum atomic E-state index is -3.53. The Morgan fingerprint density at radius 2 is 2.19 bits per heavy atom. The Bertz CT molecular complexity index is 520. The summed E-state index contributed by atoms with van der Waals surface area (Å²) in [6.07, 6.45) is 0.145. The first-order valence-electron chi connectivity index (χ1n) is 4.60. The fourth-order valence-corrected chi connectivity index (χ4v) is 2.34. The quantitative estimate of drug-likeness (QED) is 0.838. The van der Waals surface area contributed by atoms with Gasteiger partial charge in [0.15, 0.2) is 0 Å². The first-order chi connectivity index (χ1) is 7.47. The second kappa shape index (κ2) is 5.30. The smallest absolute Gasteiger partial charge is 0.210 e. The van der Waals surface area contributed by atoms with Gasteiger partial charge < -0.3 is 0 Å². The van der Waals surface area contributed by atoms with Crippen LogP contribution in [0.25, 0.3) is 0 Å². The van der Waals surface area contributed by atoms with Crippen LogP contribution >= 0.6 is 11.6 Å². The van der Waals surface area contributed by atoms with Crippen molar-refractivity contribution in [3.8, 4) is 6.07 Å². The van der Waals surface area contributed by atoms with E-state index in [1.54, 1.807) is 6.92 Å². The van der Waals surface area contributed by atoms with E-state index in [-0.39, 0.29) is 17.9 Å². The van der Waals surface area contributed by atoms with Crippen molar-refractivity contribution >= 4 is 21.6 Å². The standard InChI is InChI=1S/C10H11ClN2O2S/c1-8-7-9(3-4-10(8)11)16(14,15)13-6-2-5-12/h3-4,7,13H,2,6H2,1H3. The van der Waals surface area contributed by atoms with Gasteiger partial charge in [-0.3, -0.25) is 0 Å². The van der Waals surface area contributed by atoms with E-state index >= 15 is 0 Å². The van der Waals surface area contributed by atoms with Gasteiger partial charge in [0.25, 0.3) is 0 Å². The topological polar surface area (TPSA) is 70.0 Å². The maximum Gasteiger partial charge on any atom is 0.240 e. The summed E-state index contributed by atoms with van der Waals surface area (Å²) in [6, 6.07) is 6.33. The van der Waals surface area contributed by atoms with Gasteiger partial charge in [-0.25, -0.2) is 13.1 Å². The molecule has 0 atom stereocenters. The molecule has 16 heavy (non-hydrogen) atoms. The number of halogens is 1. The molecule has 1 aromatic carbocycles. The van der Waals surface area contributed by atoms with E-state index in [1.807, 2.05) is 6.07 Å². The van der Waals surface area contributed by atoms with Crippen LogP contribution in [0.15, 0.2) is 23.1 Å². The second-order valence-corrected chi connectivity index (χ2v) is 5.39. The van der Waals surface area contributed by atoms with E-state index < -0.39 is 10.0 Å². The van der Waals surface area contributed by atoms with Crippen LogP contribution in [0.1, 0.15) is 12.0 Å². The van der Waals surface area contributed by atoms with Gasteiger partial charge >= 0.3 is 0 Å². The lowest BCUT2D eigenvalue weighted by atomic mass is 10.2. The van der Waals surface area contributed by atoms with Gasteiger partial charge in [-0.1, -0.05) is 11.6 Å². The maximum atomic E-state index is 11.7. The molecule has 0 bridgehead atoms. The summed E-state index contributed by atoms with van der Waals surface area (Å²) in [7, 11) is -3.53. The van der Waals surface area contributed by atoms with Crippen molar-refractivity contribution < 1.29 is 8.42 Å². The summed E-state index contributed by atoms with van der Waals surface area (Å²) in [4.78, 5) is 0.160. The van der Waals surface area contributed by atoms with Crippen LogP contribution in [-0.2, 0) is 10.0 Å². The summed E-state index contributed by atoms with van der Waals surface area (Å²) in [6.45, 7) is 1.84. The molecule has 0 amide bonds. The zero-order valence-corrected chi connectivity index (χ0v) is 10.3. The van der Waals surface area contributed by atoms with Crippen molar-refractivity contribution in [1.29, 1.82) is 5.26 Å². The largest absolute Gasteiger partial charge is 0.240 e. The van der Waals surface area contributed by atoms with Crippen molar-refractivity contribution in [2.45, 2.75) is 18.2 Å². The number of hydrogen-bond acceptors (Lipinski definition) is 3. The highest BCUT2D eigenvalue weighted by Crippen LogP contribution is 2.19. The molecule has 0 saturated carbocycles. The van der Waals surface area contributed by atoms with E-state index in [9.17, 15) is 8.42 Å². The number of aryl methyl sites for hydroxylation is 1. The highest BCUT2D eigenvalue weighted by molar-refractivity contribution is 7.89. The number of nitrogens with one attached hydrogen (secondary N) is 1. The Morgan fingerprint density at radius 3 is 2.75 bits per heavy atom. The van der Waals surface area contributed by atoms with Gasteiger partial charge in [-0.15, -0.1) is 0 Å². The third-order valence-corrected chi connectivity index (χ3v) is 3.85. The summed E-state index contributed by atoms with van der Waals surface area (Å²) < 4.78 is 25.7. The average Bonchev–Trinajstić information content (AvgIpc) is 2.22. The Labute approximate surface area is 99.9 Å². The third kappa shape index (κ3) is 3.20. The fourth-order valence-electron chi connectivity index (χ4n) is 1.11. The predicted octanol–water partition coefficient (Wildman–Crippen LogP) is 1.84. The van der Waals surface area contributed by atoms with Gasteiger partial charge in [-0.2, -0.15) is 5.26 Å². The molecule has 1 aromatic rings. The van der Waals surface area contributed by atoms with Crippen LogP contribution < -0.4 is 4.72 Å². The molecule has 4 nitrogen and oxygen atoms in total. The van der Waals surface area contributed by atoms with Gasteiger partial charge in [0, 0.05) is 18.0 Å². The highest BCUT2D eigenvalue weighted by atomic mass is 35.5. The number of rotatable bonds is 4. The van der Waals surface area contributed by atoms with Gasteiger partial charge in [0.2, 0.25) is 10.0 Å². The molecule has 0 aliphatic carbocycles. The Morgan fingerprint density at radius 1 is 1.50 bits per heavy atom. The van der Waals surface area contributed by atoms with Gasteiger partial charge in [0.05, 0.1) is 11.0 Å². The van der Waals surface area contributed by atoms with Crippen LogP contribution in [-0.4, -0.2) is 15.0 Å². The van der Waals surface area contributed by atoms with Crippen LogP contribution in [0.3, 0.4) is 0 Å². The molecule has 0 heterocycles. The Kier molecular flexibility index (Phi) is 4.30. The van der Waals surface area contributed by atoms with Crippen molar-refractivity contribution in [1.82, 2.24) is 4.72 Å². The minimum absolute atomic E-state index is 0.112. The SMILES string of the molecule is Cc1cc(S(=O)(=O)NCCC#N)ccc1Cl. The molecule has 0 fully saturated rings. The molecule has 1 N–H and O–H groups in total. The summed E-state index contributed by atoms with van der Waals surface area (Å²) in [5, 5.41) is 8.84. The summed E-state index contributed by atoms with van der Waals surface area (Å²) in [5.41, 5.74) is 0.699. The predicted molar refractivity (Wildman–Crippen MR) is 61.6 cm³/mol. The van der Waals surface area contributed by atoms with Gasteiger partial charge in [-0.05, 0) is 30.7 Å². The van der Waals surface area contributed by atoms with E-state index in [0.29, 0.717) is 10.6 Å². The first-order valence-corrected chi connectivity index (χ1v) is 6.46. The van der Waals surface area contributed by atoms with Crippen LogP contribution in [0.2, 0.25) is 5.02 Å². The Hall–Kier alpha value is -1.09. The lowest BCUT2D eigenvalue weighted by Gasteiger charge is -2.06. The number of sulfonamides is 1. The lowest BCUT2D eigenvalue weighted by molar-refractivity contribution is 0.582.